The normalized spacial score (nSPS) is 14.1. The number of rotatable bonds is 5. The van der Waals surface area contributed by atoms with Crippen molar-refractivity contribution in [2.24, 2.45) is 0 Å². The average Bonchev–Trinajstić information content (AvgIpc) is 2.40. The number of hydrogen-bond donors (Lipinski definition) is 2. The summed E-state index contributed by atoms with van der Waals surface area (Å²) in [6.07, 6.45) is -0.198. The van der Waals surface area contributed by atoms with E-state index in [1.165, 1.54) is 0 Å². The summed E-state index contributed by atoms with van der Waals surface area (Å²) in [7, 11) is 0. The molecule has 0 amide bonds. The van der Waals surface area contributed by atoms with E-state index in [0.29, 0.717) is 12.8 Å². The topological polar surface area (TPSA) is 40.5 Å². The second kappa shape index (κ2) is 6.34. The van der Waals surface area contributed by atoms with Crippen molar-refractivity contribution in [2.75, 3.05) is 0 Å². The van der Waals surface area contributed by atoms with Crippen LogP contribution in [-0.4, -0.2) is 16.3 Å². The summed E-state index contributed by atoms with van der Waals surface area (Å²) in [6, 6.07) is 19.3. The van der Waals surface area contributed by atoms with E-state index in [9.17, 15) is 10.2 Å². The van der Waals surface area contributed by atoms with Gasteiger partial charge in [0.1, 0.15) is 0 Å². The summed E-state index contributed by atoms with van der Waals surface area (Å²) in [5, 5.41) is 20.0. The van der Waals surface area contributed by atoms with E-state index in [4.69, 9.17) is 0 Å². The molecule has 0 saturated heterocycles. The quantitative estimate of drug-likeness (QED) is 0.846. The summed E-state index contributed by atoms with van der Waals surface area (Å²) in [4.78, 5) is 0. The van der Waals surface area contributed by atoms with Crippen LogP contribution in [0.5, 0.6) is 0 Å². The molecule has 0 saturated carbocycles. The average molecular weight is 242 g/mol. The van der Waals surface area contributed by atoms with Crippen LogP contribution in [0.25, 0.3) is 0 Å². The smallest absolute Gasteiger partial charge is 0.0814 e. The third kappa shape index (κ3) is 3.69. The van der Waals surface area contributed by atoms with Crippen LogP contribution in [0.1, 0.15) is 23.7 Å². The van der Waals surface area contributed by atoms with E-state index in [1.54, 1.807) is 0 Å². The molecule has 0 radical (unpaired) electrons. The lowest BCUT2D eigenvalue weighted by Crippen LogP contribution is -2.15. The third-order valence-corrected chi connectivity index (χ3v) is 2.99. The Kier molecular flexibility index (Phi) is 4.51. The lowest BCUT2D eigenvalue weighted by Gasteiger charge is -2.16. The predicted molar refractivity (Wildman–Crippen MR) is 72.2 cm³/mol. The summed E-state index contributed by atoms with van der Waals surface area (Å²) >= 11 is 0. The second-order valence-electron chi connectivity index (χ2n) is 4.51. The van der Waals surface area contributed by atoms with Gasteiger partial charge in [-0.25, -0.2) is 0 Å². The monoisotopic (exact) mass is 242 g/mol. The Morgan fingerprint density at radius 3 is 1.94 bits per heavy atom. The number of benzene rings is 2. The van der Waals surface area contributed by atoms with Gasteiger partial charge in [0.15, 0.2) is 0 Å². The Labute approximate surface area is 108 Å². The molecule has 0 fully saturated rings. The molecule has 0 aliphatic rings. The number of aliphatic hydroxyl groups excluding tert-OH is 2. The summed E-state index contributed by atoms with van der Waals surface area (Å²) in [5.41, 5.74) is 1.94. The molecule has 18 heavy (non-hydrogen) atoms. The standard InChI is InChI=1S/C16H18O2/c17-15(11-13-7-3-1-4-8-13)12-16(18)14-9-5-2-6-10-14/h1-10,15-18H,11-12H2/t15-,16-/m0/s1. The van der Waals surface area contributed by atoms with Crippen molar-refractivity contribution in [3.05, 3.63) is 71.8 Å². The zero-order valence-corrected chi connectivity index (χ0v) is 10.2. The van der Waals surface area contributed by atoms with Crippen LogP contribution in [0.2, 0.25) is 0 Å². The van der Waals surface area contributed by atoms with E-state index in [1.807, 2.05) is 60.7 Å². The van der Waals surface area contributed by atoms with Gasteiger partial charge in [-0.2, -0.15) is 0 Å². The van der Waals surface area contributed by atoms with Crippen molar-refractivity contribution in [3.8, 4) is 0 Å². The number of aliphatic hydroxyl groups is 2. The van der Waals surface area contributed by atoms with Crippen LogP contribution in [0.3, 0.4) is 0 Å². The van der Waals surface area contributed by atoms with Crippen LogP contribution in [0.15, 0.2) is 60.7 Å². The minimum absolute atomic E-state index is 0.360. The third-order valence-electron chi connectivity index (χ3n) is 2.99. The van der Waals surface area contributed by atoms with Gasteiger partial charge in [0.05, 0.1) is 12.2 Å². The first-order valence-corrected chi connectivity index (χ1v) is 6.20. The van der Waals surface area contributed by atoms with Crippen LogP contribution < -0.4 is 0 Å². The fourth-order valence-corrected chi connectivity index (χ4v) is 2.04. The molecule has 0 aromatic heterocycles. The fraction of sp³-hybridized carbons (Fsp3) is 0.250. The predicted octanol–water partition coefficient (Wildman–Crippen LogP) is 2.71. The molecule has 0 bridgehead atoms. The van der Waals surface area contributed by atoms with Gasteiger partial charge in [-0.3, -0.25) is 0 Å². The van der Waals surface area contributed by atoms with Crippen molar-refractivity contribution in [1.29, 1.82) is 0 Å². The van der Waals surface area contributed by atoms with Crippen LogP contribution in [-0.2, 0) is 6.42 Å². The lowest BCUT2D eigenvalue weighted by molar-refractivity contribution is 0.0807. The van der Waals surface area contributed by atoms with Gasteiger partial charge in [0, 0.05) is 6.42 Å². The first-order chi connectivity index (χ1) is 8.75. The largest absolute Gasteiger partial charge is 0.393 e. The van der Waals surface area contributed by atoms with Crippen LogP contribution in [0, 0.1) is 0 Å². The maximum Gasteiger partial charge on any atom is 0.0814 e. The maximum atomic E-state index is 10.0. The highest BCUT2D eigenvalue weighted by molar-refractivity contribution is 5.18. The van der Waals surface area contributed by atoms with Crippen molar-refractivity contribution in [1.82, 2.24) is 0 Å². The molecule has 94 valence electrons. The highest BCUT2D eigenvalue weighted by Crippen LogP contribution is 2.19. The van der Waals surface area contributed by atoms with Crippen molar-refractivity contribution >= 4 is 0 Å². The molecular formula is C16H18O2. The van der Waals surface area contributed by atoms with Gasteiger partial charge in [0.25, 0.3) is 0 Å². The van der Waals surface area contributed by atoms with Gasteiger partial charge in [0.2, 0.25) is 0 Å². The van der Waals surface area contributed by atoms with Gasteiger partial charge in [-0.1, -0.05) is 60.7 Å². The zero-order valence-electron chi connectivity index (χ0n) is 10.2. The number of hydrogen-bond acceptors (Lipinski definition) is 2. The van der Waals surface area contributed by atoms with Crippen molar-refractivity contribution in [2.45, 2.75) is 25.0 Å². The Bertz CT molecular complexity index is 453. The molecule has 2 aromatic rings. The molecule has 2 atom stereocenters. The highest BCUT2D eigenvalue weighted by atomic mass is 16.3. The van der Waals surface area contributed by atoms with Gasteiger partial charge in [-0.15, -0.1) is 0 Å². The first kappa shape index (κ1) is 12.8. The highest BCUT2D eigenvalue weighted by Gasteiger charge is 2.13. The molecule has 0 aliphatic carbocycles. The minimum Gasteiger partial charge on any atom is -0.393 e. The Balaban J connectivity index is 1.90. The lowest BCUT2D eigenvalue weighted by atomic mass is 9.99. The zero-order chi connectivity index (χ0) is 12.8. The Morgan fingerprint density at radius 2 is 1.33 bits per heavy atom. The van der Waals surface area contributed by atoms with Gasteiger partial charge >= 0.3 is 0 Å². The first-order valence-electron chi connectivity index (χ1n) is 6.20. The van der Waals surface area contributed by atoms with Crippen molar-refractivity contribution < 1.29 is 10.2 Å². The van der Waals surface area contributed by atoms with E-state index in [2.05, 4.69) is 0 Å². The maximum absolute atomic E-state index is 10.0. The molecule has 0 unspecified atom stereocenters. The van der Waals surface area contributed by atoms with E-state index in [0.717, 1.165) is 11.1 Å². The van der Waals surface area contributed by atoms with E-state index in [-0.39, 0.29) is 0 Å². The van der Waals surface area contributed by atoms with E-state index >= 15 is 0 Å². The summed E-state index contributed by atoms with van der Waals surface area (Å²) < 4.78 is 0. The van der Waals surface area contributed by atoms with Crippen LogP contribution >= 0.6 is 0 Å². The summed E-state index contributed by atoms with van der Waals surface area (Å²) in [5.74, 6) is 0. The van der Waals surface area contributed by atoms with Gasteiger partial charge < -0.3 is 10.2 Å². The summed E-state index contributed by atoms with van der Waals surface area (Å²) in [6.45, 7) is 0. The second-order valence-corrected chi connectivity index (χ2v) is 4.51. The van der Waals surface area contributed by atoms with Crippen LogP contribution in [0.4, 0.5) is 0 Å². The molecular weight excluding hydrogens is 224 g/mol. The van der Waals surface area contributed by atoms with Gasteiger partial charge in [-0.05, 0) is 17.5 Å². The molecule has 0 aliphatic heterocycles. The Hall–Kier alpha value is -1.64. The molecule has 0 spiro atoms. The SMILES string of the molecule is O[C@@H](Cc1ccccc1)C[C@H](O)c1ccccc1. The molecule has 2 heteroatoms. The fourth-order valence-electron chi connectivity index (χ4n) is 2.04. The molecule has 2 rings (SSSR count). The molecule has 2 N–H and O–H groups in total. The molecule has 2 nitrogen and oxygen atoms in total. The molecule has 2 aromatic carbocycles. The van der Waals surface area contributed by atoms with E-state index < -0.39 is 12.2 Å². The Morgan fingerprint density at radius 1 is 0.778 bits per heavy atom. The molecule has 0 heterocycles. The van der Waals surface area contributed by atoms with Crippen molar-refractivity contribution in [3.63, 3.8) is 0 Å². The minimum atomic E-state index is -0.607.